The van der Waals surface area contributed by atoms with Gasteiger partial charge in [0.25, 0.3) is 5.91 Å². The molecule has 0 N–H and O–H groups in total. The maximum Gasteiger partial charge on any atom is 0.377 e. The number of amides is 1. The van der Waals surface area contributed by atoms with Gasteiger partial charge in [0, 0.05) is 17.4 Å². The van der Waals surface area contributed by atoms with Gasteiger partial charge in [0.05, 0.1) is 19.7 Å². The zero-order valence-electron chi connectivity index (χ0n) is 12.5. The molecule has 1 aromatic rings. The number of ether oxygens (including phenoxy) is 2. The van der Waals surface area contributed by atoms with Crippen molar-refractivity contribution in [3.8, 4) is 0 Å². The normalized spacial score (nSPS) is 18.0. The Morgan fingerprint density at radius 2 is 1.95 bits per heavy atom. The molecule has 1 aromatic carbocycles. The summed E-state index contributed by atoms with van der Waals surface area (Å²) < 4.78 is 11.3. The minimum Gasteiger partial charge on any atom is -0.445 e. The van der Waals surface area contributed by atoms with E-state index in [1.54, 1.807) is 13.8 Å². The summed E-state index contributed by atoms with van der Waals surface area (Å²) in [5.41, 5.74) is 0.907. The van der Waals surface area contributed by atoms with Crippen molar-refractivity contribution in [1.29, 1.82) is 0 Å². The van der Waals surface area contributed by atoms with E-state index in [0.717, 1.165) is 20.3 Å². The van der Waals surface area contributed by atoms with Gasteiger partial charge in [-0.1, -0.05) is 12.1 Å². The molecule has 0 aliphatic carbocycles. The van der Waals surface area contributed by atoms with Crippen molar-refractivity contribution in [2.45, 2.75) is 26.2 Å². The lowest BCUT2D eigenvalue weighted by atomic mass is 10.2. The van der Waals surface area contributed by atoms with Gasteiger partial charge in [-0.2, -0.15) is 0 Å². The highest BCUT2D eigenvalue weighted by atomic mass is 127. The molecule has 22 heavy (non-hydrogen) atoms. The third-order valence-corrected chi connectivity index (χ3v) is 3.57. The Hall–Kier alpha value is -1.61. The Bertz CT molecular complexity index is 609. The van der Waals surface area contributed by atoms with Crippen LogP contribution in [0.4, 0.5) is 0 Å². The van der Waals surface area contributed by atoms with E-state index in [0.29, 0.717) is 0 Å². The molecule has 0 atom stereocenters. The standard InChI is InChI=1S/C15H16INO5/c1-15(2)21-12(14(19)22-15)8-13(18)17(20-3)9-10-4-6-11(16)7-5-10/h4-8H,9H2,1-3H3/b12-8-. The predicted molar refractivity (Wildman–Crippen MR) is 86.1 cm³/mol. The molecule has 1 saturated heterocycles. The second-order valence-corrected chi connectivity index (χ2v) is 6.33. The number of carbonyl (C=O) groups is 2. The predicted octanol–water partition coefficient (Wildman–Crippen LogP) is 2.37. The van der Waals surface area contributed by atoms with Gasteiger partial charge >= 0.3 is 5.97 Å². The molecule has 1 amide bonds. The average Bonchev–Trinajstić information content (AvgIpc) is 2.70. The van der Waals surface area contributed by atoms with E-state index >= 15 is 0 Å². The first-order valence-electron chi connectivity index (χ1n) is 6.55. The van der Waals surface area contributed by atoms with Gasteiger partial charge in [-0.15, -0.1) is 0 Å². The Morgan fingerprint density at radius 1 is 1.32 bits per heavy atom. The second-order valence-electron chi connectivity index (χ2n) is 5.08. The van der Waals surface area contributed by atoms with E-state index in [1.807, 2.05) is 24.3 Å². The van der Waals surface area contributed by atoms with Crippen molar-refractivity contribution in [1.82, 2.24) is 5.06 Å². The fourth-order valence-electron chi connectivity index (χ4n) is 1.86. The van der Waals surface area contributed by atoms with Gasteiger partial charge in [-0.3, -0.25) is 9.63 Å². The number of esters is 1. The van der Waals surface area contributed by atoms with Crippen molar-refractivity contribution < 1.29 is 23.9 Å². The largest absolute Gasteiger partial charge is 0.445 e. The van der Waals surface area contributed by atoms with Crippen molar-refractivity contribution in [2.24, 2.45) is 0 Å². The van der Waals surface area contributed by atoms with Crippen LogP contribution in [0, 0.1) is 3.57 Å². The summed E-state index contributed by atoms with van der Waals surface area (Å²) in [6.07, 6.45) is 1.08. The summed E-state index contributed by atoms with van der Waals surface area (Å²) in [5.74, 6) is -2.34. The topological polar surface area (TPSA) is 65.1 Å². The number of hydroxylamine groups is 2. The fourth-order valence-corrected chi connectivity index (χ4v) is 2.22. The van der Waals surface area contributed by atoms with E-state index in [9.17, 15) is 9.59 Å². The zero-order valence-corrected chi connectivity index (χ0v) is 14.6. The molecule has 7 heteroatoms. The molecule has 118 valence electrons. The highest BCUT2D eigenvalue weighted by Gasteiger charge is 2.38. The maximum atomic E-state index is 12.2. The molecular weight excluding hydrogens is 401 g/mol. The molecule has 0 saturated carbocycles. The van der Waals surface area contributed by atoms with Crippen LogP contribution in [0.25, 0.3) is 0 Å². The molecular formula is C15H16INO5. The molecule has 1 aliphatic rings. The van der Waals surface area contributed by atoms with Gasteiger partial charge in [-0.05, 0) is 40.3 Å². The van der Waals surface area contributed by atoms with E-state index in [4.69, 9.17) is 14.3 Å². The number of hydrogen-bond acceptors (Lipinski definition) is 5. The lowest BCUT2D eigenvalue weighted by molar-refractivity contribution is -0.173. The molecule has 0 radical (unpaired) electrons. The van der Waals surface area contributed by atoms with Gasteiger partial charge in [0.15, 0.2) is 0 Å². The number of carbonyl (C=O) groups excluding carboxylic acids is 2. The number of benzene rings is 1. The molecule has 0 aromatic heterocycles. The van der Waals surface area contributed by atoms with Crippen LogP contribution >= 0.6 is 22.6 Å². The van der Waals surface area contributed by atoms with Crippen LogP contribution in [0.2, 0.25) is 0 Å². The highest BCUT2D eigenvalue weighted by molar-refractivity contribution is 14.1. The smallest absolute Gasteiger partial charge is 0.377 e. The molecule has 0 unspecified atom stereocenters. The minimum atomic E-state index is -1.06. The molecule has 1 fully saturated rings. The van der Waals surface area contributed by atoms with Gasteiger partial charge in [0.2, 0.25) is 11.5 Å². The summed E-state index contributed by atoms with van der Waals surface area (Å²) >= 11 is 2.20. The lowest BCUT2D eigenvalue weighted by Crippen LogP contribution is -2.28. The van der Waals surface area contributed by atoms with Gasteiger partial charge in [-0.25, -0.2) is 9.86 Å². The summed E-state index contributed by atoms with van der Waals surface area (Å²) in [5, 5.41) is 1.14. The van der Waals surface area contributed by atoms with Crippen molar-refractivity contribution in [3.05, 3.63) is 45.2 Å². The van der Waals surface area contributed by atoms with Crippen LogP contribution in [0.15, 0.2) is 36.1 Å². The van der Waals surface area contributed by atoms with E-state index in [1.165, 1.54) is 7.11 Å². The summed E-state index contributed by atoms with van der Waals surface area (Å²) in [6.45, 7) is 3.44. The van der Waals surface area contributed by atoms with Crippen molar-refractivity contribution in [2.75, 3.05) is 7.11 Å². The Kier molecular flexibility index (Phi) is 5.07. The SMILES string of the molecule is CON(Cc1ccc(I)cc1)C(=O)/C=C1\OC(C)(C)OC1=O. The van der Waals surface area contributed by atoms with E-state index in [-0.39, 0.29) is 12.3 Å². The van der Waals surface area contributed by atoms with Crippen LogP contribution in [-0.4, -0.2) is 29.8 Å². The molecule has 6 nitrogen and oxygen atoms in total. The Morgan fingerprint density at radius 3 is 2.45 bits per heavy atom. The van der Waals surface area contributed by atoms with E-state index in [2.05, 4.69) is 22.6 Å². The third kappa shape index (κ3) is 4.20. The zero-order chi connectivity index (χ0) is 16.3. The third-order valence-electron chi connectivity index (χ3n) is 2.86. The lowest BCUT2D eigenvalue weighted by Gasteiger charge is -2.18. The quantitative estimate of drug-likeness (QED) is 0.326. The fraction of sp³-hybridized carbons (Fsp3) is 0.333. The second kappa shape index (κ2) is 6.66. The maximum absolute atomic E-state index is 12.2. The van der Waals surface area contributed by atoms with Crippen LogP contribution in [0.1, 0.15) is 19.4 Å². The Labute approximate surface area is 142 Å². The number of halogens is 1. The van der Waals surface area contributed by atoms with Crippen LogP contribution in [0.5, 0.6) is 0 Å². The molecule has 1 heterocycles. The average molecular weight is 417 g/mol. The van der Waals surface area contributed by atoms with E-state index < -0.39 is 17.7 Å². The highest BCUT2D eigenvalue weighted by Crippen LogP contribution is 2.26. The molecule has 0 spiro atoms. The van der Waals surface area contributed by atoms with Crippen LogP contribution < -0.4 is 0 Å². The van der Waals surface area contributed by atoms with Crippen molar-refractivity contribution in [3.63, 3.8) is 0 Å². The van der Waals surface area contributed by atoms with Gasteiger partial charge in [0.1, 0.15) is 0 Å². The monoisotopic (exact) mass is 417 g/mol. The van der Waals surface area contributed by atoms with Gasteiger partial charge < -0.3 is 9.47 Å². The van der Waals surface area contributed by atoms with Crippen LogP contribution in [0.3, 0.4) is 0 Å². The molecule has 2 rings (SSSR count). The first kappa shape index (κ1) is 16.8. The number of rotatable bonds is 4. The first-order chi connectivity index (χ1) is 10.3. The number of cyclic esters (lactones) is 1. The molecule has 1 aliphatic heterocycles. The Balaban J connectivity index is 2.09. The summed E-state index contributed by atoms with van der Waals surface area (Å²) in [7, 11) is 1.39. The number of hydrogen-bond donors (Lipinski definition) is 0. The number of nitrogens with zero attached hydrogens (tertiary/aromatic N) is 1. The summed E-state index contributed by atoms with van der Waals surface area (Å²) in [4.78, 5) is 28.9. The van der Waals surface area contributed by atoms with Crippen molar-refractivity contribution >= 4 is 34.5 Å². The summed E-state index contributed by atoms with van der Waals surface area (Å²) in [6, 6.07) is 7.68. The van der Waals surface area contributed by atoms with Crippen LogP contribution in [-0.2, 0) is 30.4 Å². The minimum absolute atomic E-state index is 0.125. The first-order valence-corrected chi connectivity index (χ1v) is 7.63. The molecule has 0 bridgehead atoms.